The van der Waals surface area contributed by atoms with E-state index >= 15 is 0 Å². The quantitative estimate of drug-likeness (QED) is 0.547. The standard InChI is InChI=1S/C11H14ClNO4/c1-17-11(16)9-3-2-7(4-10(9)15)13-6-8(14)5-12/h2-4,8,13-15H,5-6H2,1H3. The molecule has 1 aromatic carbocycles. The van der Waals surface area contributed by atoms with E-state index in [1.807, 2.05) is 0 Å². The topological polar surface area (TPSA) is 78.8 Å². The van der Waals surface area contributed by atoms with Gasteiger partial charge in [0, 0.05) is 18.3 Å². The summed E-state index contributed by atoms with van der Waals surface area (Å²) in [5.41, 5.74) is 0.676. The lowest BCUT2D eigenvalue weighted by Gasteiger charge is -2.11. The molecule has 0 aliphatic carbocycles. The van der Waals surface area contributed by atoms with Gasteiger partial charge in [0.05, 0.1) is 19.1 Å². The zero-order valence-electron chi connectivity index (χ0n) is 9.31. The van der Waals surface area contributed by atoms with Gasteiger partial charge in [-0.3, -0.25) is 0 Å². The second-order valence-corrected chi connectivity index (χ2v) is 3.72. The average molecular weight is 260 g/mol. The lowest BCUT2D eigenvalue weighted by Crippen LogP contribution is -2.20. The first-order valence-electron chi connectivity index (χ1n) is 4.97. The van der Waals surface area contributed by atoms with E-state index in [9.17, 15) is 15.0 Å². The number of methoxy groups -OCH3 is 1. The zero-order valence-corrected chi connectivity index (χ0v) is 10.1. The summed E-state index contributed by atoms with van der Waals surface area (Å²) in [6, 6.07) is 4.43. The molecule has 1 atom stereocenters. The van der Waals surface area contributed by atoms with E-state index in [0.29, 0.717) is 5.69 Å². The number of halogens is 1. The molecular formula is C11H14ClNO4. The number of aliphatic hydroxyl groups excluding tert-OH is 1. The normalized spacial score (nSPS) is 11.9. The molecule has 0 saturated heterocycles. The summed E-state index contributed by atoms with van der Waals surface area (Å²) >= 11 is 5.43. The highest BCUT2D eigenvalue weighted by Crippen LogP contribution is 2.22. The van der Waals surface area contributed by atoms with Gasteiger partial charge in [-0.1, -0.05) is 0 Å². The molecule has 0 saturated carbocycles. The number of benzene rings is 1. The van der Waals surface area contributed by atoms with Crippen LogP contribution < -0.4 is 5.32 Å². The Morgan fingerprint density at radius 3 is 2.82 bits per heavy atom. The van der Waals surface area contributed by atoms with E-state index in [0.717, 1.165) is 0 Å². The summed E-state index contributed by atoms with van der Waals surface area (Å²) in [4.78, 5) is 11.2. The van der Waals surface area contributed by atoms with Crippen molar-refractivity contribution >= 4 is 23.3 Å². The van der Waals surface area contributed by atoms with Crippen LogP contribution in [0.4, 0.5) is 5.69 Å². The molecule has 1 unspecified atom stereocenters. The second-order valence-electron chi connectivity index (χ2n) is 3.41. The van der Waals surface area contributed by atoms with Crippen LogP contribution in [0.5, 0.6) is 5.75 Å². The summed E-state index contributed by atoms with van der Waals surface area (Å²) < 4.78 is 4.50. The number of nitrogens with one attached hydrogen (secondary N) is 1. The Bertz CT molecular complexity index is 397. The fourth-order valence-corrected chi connectivity index (χ4v) is 1.32. The van der Waals surface area contributed by atoms with E-state index in [-0.39, 0.29) is 23.7 Å². The molecule has 1 rings (SSSR count). The predicted molar refractivity (Wildman–Crippen MR) is 64.7 cm³/mol. The number of ether oxygens (including phenoxy) is 1. The van der Waals surface area contributed by atoms with Gasteiger partial charge in [-0.05, 0) is 12.1 Å². The summed E-state index contributed by atoms with van der Waals surface area (Å²) in [5, 5.41) is 21.7. The van der Waals surface area contributed by atoms with Crippen LogP contribution >= 0.6 is 11.6 Å². The van der Waals surface area contributed by atoms with Gasteiger partial charge >= 0.3 is 5.97 Å². The molecular weight excluding hydrogens is 246 g/mol. The maximum Gasteiger partial charge on any atom is 0.341 e. The monoisotopic (exact) mass is 259 g/mol. The summed E-state index contributed by atoms with van der Waals surface area (Å²) in [6.07, 6.45) is -0.668. The fourth-order valence-electron chi connectivity index (χ4n) is 1.21. The highest BCUT2D eigenvalue weighted by Gasteiger charge is 2.11. The molecule has 0 spiro atoms. The first-order valence-corrected chi connectivity index (χ1v) is 5.51. The summed E-state index contributed by atoms with van der Waals surface area (Å²) in [6.45, 7) is 0.264. The third kappa shape index (κ3) is 3.80. The SMILES string of the molecule is COC(=O)c1ccc(NCC(O)CCl)cc1O. The molecule has 0 fully saturated rings. The minimum atomic E-state index is -0.668. The number of aliphatic hydroxyl groups is 1. The lowest BCUT2D eigenvalue weighted by atomic mass is 10.2. The summed E-state index contributed by atoms with van der Waals surface area (Å²) in [7, 11) is 1.24. The number of phenolic OH excluding ortho intramolecular Hbond substituents is 1. The number of phenols is 1. The van der Waals surface area contributed by atoms with Gasteiger partial charge < -0.3 is 20.3 Å². The Labute approximate surface area is 104 Å². The van der Waals surface area contributed by atoms with Crippen LogP contribution in [0.1, 0.15) is 10.4 Å². The maximum absolute atomic E-state index is 11.2. The van der Waals surface area contributed by atoms with Crippen molar-refractivity contribution in [3.63, 3.8) is 0 Å². The number of esters is 1. The van der Waals surface area contributed by atoms with Crippen molar-refractivity contribution in [1.82, 2.24) is 0 Å². The number of carbonyl (C=O) groups is 1. The van der Waals surface area contributed by atoms with Crippen LogP contribution in [0.15, 0.2) is 18.2 Å². The molecule has 3 N–H and O–H groups in total. The third-order valence-corrected chi connectivity index (χ3v) is 2.48. The Morgan fingerprint density at radius 1 is 1.59 bits per heavy atom. The molecule has 0 heterocycles. The Kier molecular flexibility index (Phi) is 5.06. The largest absolute Gasteiger partial charge is 0.507 e. The van der Waals surface area contributed by atoms with E-state index < -0.39 is 12.1 Å². The van der Waals surface area contributed by atoms with Gasteiger partial charge in [0.15, 0.2) is 0 Å². The number of aromatic hydroxyl groups is 1. The second kappa shape index (κ2) is 6.32. The predicted octanol–water partition coefficient (Wildman–Crippen LogP) is 1.19. The van der Waals surface area contributed by atoms with Crippen LogP contribution in [-0.2, 0) is 4.74 Å². The van der Waals surface area contributed by atoms with Gasteiger partial charge in [0.25, 0.3) is 0 Å². The van der Waals surface area contributed by atoms with Gasteiger partial charge in [0.2, 0.25) is 0 Å². The third-order valence-electron chi connectivity index (χ3n) is 2.12. The highest BCUT2D eigenvalue weighted by molar-refractivity contribution is 6.18. The first kappa shape index (κ1) is 13.6. The molecule has 6 heteroatoms. The fraction of sp³-hybridized carbons (Fsp3) is 0.364. The summed E-state index contributed by atoms with van der Waals surface area (Å²) in [5.74, 6) is -0.656. The number of rotatable bonds is 5. The minimum absolute atomic E-state index is 0.0935. The van der Waals surface area contributed by atoms with Crippen molar-refractivity contribution in [3.05, 3.63) is 23.8 Å². The number of hydrogen-bond donors (Lipinski definition) is 3. The molecule has 0 aromatic heterocycles. The van der Waals surface area contributed by atoms with Crippen LogP contribution in [0.3, 0.4) is 0 Å². The number of anilines is 1. The van der Waals surface area contributed by atoms with E-state index in [4.69, 9.17) is 11.6 Å². The molecule has 0 bridgehead atoms. The lowest BCUT2D eigenvalue weighted by molar-refractivity contribution is 0.0597. The number of hydrogen-bond acceptors (Lipinski definition) is 5. The number of alkyl halides is 1. The van der Waals surface area contributed by atoms with Crippen molar-refractivity contribution in [3.8, 4) is 5.75 Å². The van der Waals surface area contributed by atoms with Crippen LogP contribution in [0.25, 0.3) is 0 Å². The van der Waals surface area contributed by atoms with E-state index in [1.165, 1.54) is 19.2 Å². The highest BCUT2D eigenvalue weighted by atomic mass is 35.5. The Hall–Kier alpha value is -1.46. The average Bonchev–Trinajstić information content (AvgIpc) is 2.35. The van der Waals surface area contributed by atoms with Crippen molar-refractivity contribution in [2.24, 2.45) is 0 Å². The van der Waals surface area contributed by atoms with Crippen molar-refractivity contribution in [2.75, 3.05) is 24.9 Å². The smallest absolute Gasteiger partial charge is 0.341 e. The van der Waals surface area contributed by atoms with Crippen molar-refractivity contribution in [1.29, 1.82) is 0 Å². The Morgan fingerprint density at radius 2 is 2.29 bits per heavy atom. The van der Waals surface area contributed by atoms with Crippen LogP contribution in [-0.4, -0.2) is 41.8 Å². The minimum Gasteiger partial charge on any atom is -0.507 e. The van der Waals surface area contributed by atoms with Crippen molar-refractivity contribution < 1.29 is 19.7 Å². The molecule has 94 valence electrons. The molecule has 0 radical (unpaired) electrons. The van der Waals surface area contributed by atoms with Gasteiger partial charge in [-0.15, -0.1) is 11.6 Å². The number of carbonyl (C=O) groups excluding carboxylic acids is 1. The van der Waals surface area contributed by atoms with E-state index in [2.05, 4.69) is 10.1 Å². The zero-order chi connectivity index (χ0) is 12.8. The molecule has 0 aliphatic heterocycles. The van der Waals surface area contributed by atoms with Crippen LogP contribution in [0.2, 0.25) is 0 Å². The van der Waals surface area contributed by atoms with Crippen LogP contribution in [0, 0.1) is 0 Å². The maximum atomic E-state index is 11.2. The molecule has 0 aliphatic rings. The molecule has 17 heavy (non-hydrogen) atoms. The van der Waals surface area contributed by atoms with Crippen molar-refractivity contribution in [2.45, 2.75) is 6.10 Å². The van der Waals surface area contributed by atoms with E-state index in [1.54, 1.807) is 6.07 Å². The molecule has 5 nitrogen and oxygen atoms in total. The molecule has 0 amide bonds. The molecule has 1 aromatic rings. The Balaban J connectivity index is 2.72. The first-order chi connectivity index (χ1) is 8.08. The van der Waals surface area contributed by atoms with Gasteiger partial charge in [-0.2, -0.15) is 0 Å². The van der Waals surface area contributed by atoms with Gasteiger partial charge in [0.1, 0.15) is 11.3 Å². The van der Waals surface area contributed by atoms with Gasteiger partial charge in [-0.25, -0.2) is 4.79 Å².